The van der Waals surface area contributed by atoms with Gasteiger partial charge in [-0.25, -0.2) is 0 Å². The van der Waals surface area contributed by atoms with Crippen LogP contribution in [0.15, 0.2) is 150 Å². The Balaban J connectivity index is 1.45. The highest BCUT2D eigenvalue weighted by Gasteiger charge is 2.39. The van der Waals surface area contributed by atoms with E-state index < -0.39 is 0 Å². The summed E-state index contributed by atoms with van der Waals surface area (Å²) in [5.74, 6) is 0. The molecule has 0 bridgehead atoms. The zero-order valence-corrected chi connectivity index (χ0v) is 25.8. The molecule has 0 fully saturated rings. The van der Waals surface area contributed by atoms with E-state index in [-0.39, 0.29) is 5.41 Å². The van der Waals surface area contributed by atoms with E-state index in [0.717, 1.165) is 21.9 Å². The molecule has 216 valence electrons. The summed E-state index contributed by atoms with van der Waals surface area (Å²) in [6, 6.07) is 53.2. The minimum Gasteiger partial charge on any atom is -0.455 e. The Morgan fingerprint density at radius 3 is 1.72 bits per heavy atom. The zero-order valence-electron chi connectivity index (χ0n) is 25.8. The van der Waals surface area contributed by atoms with Crippen LogP contribution in [0.3, 0.4) is 0 Å². The van der Waals surface area contributed by atoms with Gasteiger partial charge in [0, 0.05) is 27.1 Å². The first kappa shape index (κ1) is 25.6. The van der Waals surface area contributed by atoms with Crippen molar-refractivity contribution in [3.05, 3.63) is 157 Å². The quantitative estimate of drug-likeness (QED) is 0.184. The fraction of sp³-hybridized carbons (Fsp3) is 0.0667. The third kappa shape index (κ3) is 3.30. The van der Waals surface area contributed by atoms with Gasteiger partial charge in [-0.1, -0.05) is 147 Å². The molecule has 0 unspecified atom stereocenters. The average Bonchev–Trinajstić information content (AvgIpc) is 3.60. The van der Waals surface area contributed by atoms with Crippen LogP contribution in [0.5, 0.6) is 0 Å². The first-order valence-corrected chi connectivity index (χ1v) is 16.1. The molecule has 46 heavy (non-hydrogen) atoms. The molecular weight excluding hydrogens is 556 g/mol. The summed E-state index contributed by atoms with van der Waals surface area (Å²) in [4.78, 5) is 0. The summed E-state index contributed by atoms with van der Waals surface area (Å²) < 4.78 is 7.14. The van der Waals surface area contributed by atoms with E-state index >= 15 is 0 Å². The van der Waals surface area contributed by atoms with Gasteiger partial charge in [-0.05, 0) is 78.0 Å². The summed E-state index contributed by atoms with van der Waals surface area (Å²) in [6.07, 6.45) is 0. The van der Waals surface area contributed by atoms with Crippen molar-refractivity contribution in [2.75, 3.05) is 0 Å². The molecule has 0 N–H and O–H groups in total. The van der Waals surface area contributed by atoms with Crippen LogP contribution in [0.4, 0.5) is 0 Å². The van der Waals surface area contributed by atoms with Crippen molar-refractivity contribution in [3.8, 4) is 33.4 Å². The maximum atomic E-state index is 7.14. The Morgan fingerprint density at radius 2 is 1.00 bits per heavy atom. The van der Waals surface area contributed by atoms with E-state index in [2.05, 4.69) is 159 Å². The lowest BCUT2D eigenvalue weighted by atomic mass is 9.79. The van der Waals surface area contributed by atoms with Gasteiger partial charge in [0.25, 0.3) is 0 Å². The van der Waals surface area contributed by atoms with Crippen LogP contribution in [0.1, 0.15) is 25.0 Å². The Hall–Kier alpha value is -5.66. The zero-order chi connectivity index (χ0) is 30.6. The molecule has 0 spiro atoms. The van der Waals surface area contributed by atoms with Gasteiger partial charge in [-0.2, -0.15) is 0 Å². The van der Waals surface area contributed by atoms with Crippen LogP contribution in [-0.2, 0) is 5.41 Å². The van der Waals surface area contributed by atoms with Crippen LogP contribution in [0, 0.1) is 0 Å². The molecule has 1 nitrogen and oxygen atoms in total. The highest BCUT2D eigenvalue weighted by Crippen LogP contribution is 2.56. The highest BCUT2D eigenvalue weighted by molar-refractivity contribution is 6.28. The van der Waals surface area contributed by atoms with Crippen molar-refractivity contribution in [3.63, 3.8) is 0 Å². The van der Waals surface area contributed by atoms with Gasteiger partial charge >= 0.3 is 0 Å². The molecule has 0 amide bonds. The molecule has 0 atom stereocenters. The second kappa shape index (κ2) is 9.19. The van der Waals surface area contributed by atoms with E-state index in [9.17, 15) is 0 Å². The number of benzene rings is 8. The fourth-order valence-corrected chi connectivity index (χ4v) is 8.36. The van der Waals surface area contributed by atoms with Gasteiger partial charge in [0.2, 0.25) is 0 Å². The molecular formula is C45H30O. The van der Waals surface area contributed by atoms with Crippen LogP contribution >= 0.6 is 0 Å². The lowest BCUT2D eigenvalue weighted by molar-refractivity contribution is 0.654. The maximum Gasteiger partial charge on any atom is 0.144 e. The van der Waals surface area contributed by atoms with E-state index in [1.165, 1.54) is 76.8 Å². The SMILES string of the molecule is CC1(C)c2ccccc2-c2c1cc(-c1c3ccccc3c(-c3ccccc3)c3ccccc13)c1c2oc2c3ccccc3ccc21. The van der Waals surface area contributed by atoms with E-state index in [0.29, 0.717) is 0 Å². The van der Waals surface area contributed by atoms with Crippen molar-refractivity contribution in [1.82, 2.24) is 0 Å². The minimum absolute atomic E-state index is 0.175. The summed E-state index contributed by atoms with van der Waals surface area (Å²) in [7, 11) is 0. The van der Waals surface area contributed by atoms with Crippen molar-refractivity contribution in [2.45, 2.75) is 19.3 Å². The Morgan fingerprint density at radius 1 is 0.413 bits per heavy atom. The Kier molecular flexibility index (Phi) is 5.12. The molecule has 1 heterocycles. The molecule has 1 aliphatic carbocycles. The topological polar surface area (TPSA) is 13.1 Å². The maximum absolute atomic E-state index is 7.14. The molecule has 10 rings (SSSR count). The van der Waals surface area contributed by atoms with Crippen molar-refractivity contribution < 1.29 is 4.42 Å². The molecule has 0 aliphatic heterocycles. The normalized spacial score (nSPS) is 13.6. The first-order chi connectivity index (χ1) is 22.6. The van der Waals surface area contributed by atoms with Crippen molar-refractivity contribution in [1.29, 1.82) is 0 Å². The summed E-state index contributed by atoms with van der Waals surface area (Å²) in [5, 5.41) is 9.72. The van der Waals surface area contributed by atoms with Crippen molar-refractivity contribution >= 4 is 54.3 Å². The van der Waals surface area contributed by atoms with Gasteiger partial charge in [0.1, 0.15) is 11.2 Å². The number of hydrogen-bond acceptors (Lipinski definition) is 1. The lowest BCUT2D eigenvalue weighted by Gasteiger charge is -2.23. The average molecular weight is 587 g/mol. The standard InChI is InChI=1S/C45H30O/c1-45(2)37-23-13-12-22-34(37)42-38(45)26-36(41-35-25-24-27-14-6-7-17-29(27)43(35)46-44(41)42)40-32-20-10-8-18-30(32)39(28-15-4-3-5-16-28)31-19-9-11-21-33(31)40/h3-26H,1-2H3. The minimum atomic E-state index is -0.175. The monoisotopic (exact) mass is 586 g/mol. The molecule has 1 heteroatoms. The van der Waals surface area contributed by atoms with Crippen LogP contribution in [0.25, 0.3) is 87.6 Å². The smallest absolute Gasteiger partial charge is 0.144 e. The van der Waals surface area contributed by atoms with Gasteiger partial charge in [-0.15, -0.1) is 0 Å². The Labute approximate surface area is 267 Å². The molecule has 1 aliphatic rings. The molecule has 0 saturated heterocycles. The van der Waals surface area contributed by atoms with Gasteiger partial charge in [0.05, 0.1) is 0 Å². The highest BCUT2D eigenvalue weighted by atomic mass is 16.3. The van der Waals surface area contributed by atoms with Gasteiger partial charge in [-0.3, -0.25) is 0 Å². The number of furan rings is 1. The lowest BCUT2D eigenvalue weighted by Crippen LogP contribution is -2.15. The van der Waals surface area contributed by atoms with Crippen LogP contribution < -0.4 is 0 Å². The van der Waals surface area contributed by atoms with E-state index in [4.69, 9.17) is 4.42 Å². The summed E-state index contributed by atoms with van der Waals surface area (Å²) in [6.45, 7) is 4.72. The number of fused-ring (bicyclic) bond motifs is 11. The fourth-order valence-electron chi connectivity index (χ4n) is 8.36. The predicted molar refractivity (Wildman–Crippen MR) is 195 cm³/mol. The molecule has 9 aromatic rings. The second-order valence-corrected chi connectivity index (χ2v) is 13.2. The second-order valence-electron chi connectivity index (χ2n) is 13.2. The van der Waals surface area contributed by atoms with Gasteiger partial charge < -0.3 is 4.42 Å². The first-order valence-electron chi connectivity index (χ1n) is 16.1. The number of rotatable bonds is 2. The third-order valence-electron chi connectivity index (χ3n) is 10.4. The summed E-state index contributed by atoms with van der Waals surface area (Å²) in [5.41, 5.74) is 12.0. The molecule has 0 saturated carbocycles. The van der Waals surface area contributed by atoms with Crippen molar-refractivity contribution in [2.24, 2.45) is 0 Å². The summed E-state index contributed by atoms with van der Waals surface area (Å²) >= 11 is 0. The molecule has 8 aromatic carbocycles. The molecule has 0 radical (unpaired) electrons. The van der Waals surface area contributed by atoms with E-state index in [1.807, 2.05) is 0 Å². The third-order valence-corrected chi connectivity index (χ3v) is 10.4. The predicted octanol–water partition coefficient (Wildman–Crippen LogP) is 12.7. The Bertz CT molecular complexity index is 2650. The largest absolute Gasteiger partial charge is 0.455 e. The van der Waals surface area contributed by atoms with E-state index in [1.54, 1.807) is 0 Å². The number of hydrogen-bond donors (Lipinski definition) is 0. The van der Waals surface area contributed by atoms with Crippen LogP contribution in [-0.4, -0.2) is 0 Å². The van der Waals surface area contributed by atoms with Crippen LogP contribution in [0.2, 0.25) is 0 Å². The van der Waals surface area contributed by atoms with Gasteiger partial charge in [0.15, 0.2) is 0 Å². The molecule has 1 aromatic heterocycles.